The molecule has 1 atom stereocenters. The van der Waals surface area contributed by atoms with E-state index in [4.69, 9.17) is 10.3 Å². The molecular formula is C24H25N5O2S. The first-order valence-corrected chi connectivity index (χ1v) is 11.1. The zero-order chi connectivity index (χ0) is 22.7. The van der Waals surface area contributed by atoms with E-state index in [1.165, 1.54) is 4.90 Å². The Bertz CT molecular complexity index is 1190. The van der Waals surface area contributed by atoms with Gasteiger partial charge in [-0.05, 0) is 24.7 Å². The van der Waals surface area contributed by atoms with Crippen LogP contribution in [0.2, 0.25) is 0 Å². The Labute approximate surface area is 191 Å². The Morgan fingerprint density at radius 2 is 1.66 bits per heavy atom. The zero-order valence-electron chi connectivity index (χ0n) is 18.1. The minimum atomic E-state index is -0.715. The topological polar surface area (TPSA) is 110 Å². The van der Waals surface area contributed by atoms with E-state index < -0.39 is 6.23 Å². The van der Waals surface area contributed by atoms with Crippen LogP contribution < -0.4 is 11.1 Å². The maximum absolute atomic E-state index is 9.87. The summed E-state index contributed by atoms with van der Waals surface area (Å²) in [5.41, 5.74) is 10.5. The van der Waals surface area contributed by atoms with Crippen LogP contribution in [0, 0.1) is 0 Å². The van der Waals surface area contributed by atoms with E-state index in [-0.39, 0.29) is 5.82 Å². The van der Waals surface area contributed by atoms with Gasteiger partial charge in [0.1, 0.15) is 11.9 Å². The number of anilines is 1. The fourth-order valence-electron chi connectivity index (χ4n) is 3.22. The second kappa shape index (κ2) is 9.52. The number of aliphatic hydroxyl groups excluding tert-OH is 1. The summed E-state index contributed by atoms with van der Waals surface area (Å²) in [4.78, 5) is 10.2. The lowest BCUT2D eigenvalue weighted by atomic mass is 10.1. The lowest BCUT2D eigenvalue weighted by molar-refractivity contribution is 0.149. The molecule has 2 heterocycles. The molecule has 164 valence electrons. The average molecular weight is 448 g/mol. The molecule has 0 bridgehead atoms. The van der Waals surface area contributed by atoms with Gasteiger partial charge < -0.3 is 15.4 Å². The molecule has 4 aromatic rings. The molecule has 0 spiro atoms. The Kier molecular flexibility index (Phi) is 6.55. The van der Waals surface area contributed by atoms with E-state index in [1.54, 1.807) is 19.3 Å². The van der Waals surface area contributed by atoms with E-state index in [0.29, 0.717) is 28.1 Å². The molecule has 0 amide bonds. The third-order valence-corrected chi connectivity index (χ3v) is 5.88. The normalized spacial score (nSPS) is 12.3. The van der Waals surface area contributed by atoms with Gasteiger partial charge in [0, 0.05) is 27.3 Å². The number of aromatic nitrogens is 3. The molecule has 2 aromatic carbocycles. The van der Waals surface area contributed by atoms with Crippen molar-refractivity contribution in [3.05, 3.63) is 66.4 Å². The summed E-state index contributed by atoms with van der Waals surface area (Å²) in [7, 11) is 1.70. The van der Waals surface area contributed by atoms with Gasteiger partial charge in [0.15, 0.2) is 17.3 Å². The minimum absolute atomic E-state index is 0.274. The molecule has 0 aliphatic heterocycles. The van der Waals surface area contributed by atoms with E-state index in [2.05, 4.69) is 46.4 Å². The third kappa shape index (κ3) is 4.83. The first kappa shape index (κ1) is 22.0. The maximum Gasteiger partial charge on any atom is 0.189 e. The van der Waals surface area contributed by atoms with Crippen LogP contribution in [-0.4, -0.2) is 32.5 Å². The zero-order valence-corrected chi connectivity index (χ0v) is 18.9. The van der Waals surface area contributed by atoms with E-state index in [9.17, 15) is 5.11 Å². The quantitative estimate of drug-likeness (QED) is 0.275. The third-order valence-electron chi connectivity index (χ3n) is 4.86. The molecule has 32 heavy (non-hydrogen) atoms. The van der Waals surface area contributed by atoms with Crippen molar-refractivity contribution in [3.8, 4) is 34.0 Å². The lowest BCUT2D eigenvalue weighted by Gasteiger charge is -2.09. The molecule has 0 radical (unpaired) electrons. The minimum Gasteiger partial charge on any atom is -0.382 e. The summed E-state index contributed by atoms with van der Waals surface area (Å²) in [6, 6.07) is 17.4. The molecule has 4 rings (SSSR count). The Hall–Kier alpha value is -3.20. The lowest BCUT2D eigenvalue weighted by Crippen LogP contribution is -2.14. The van der Waals surface area contributed by atoms with Crippen molar-refractivity contribution in [2.75, 3.05) is 12.8 Å². The van der Waals surface area contributed by atoms with Crippen LogP contribution in [0.4, 0.5) is 5.82 Å². The van der Waals surface area contributed by atoms with Crippen LogP contribution >= 0.6 is 11.8 Å². The van der Waals surface area contributed by atoms with Crippen LogP contribution in [0.25, 0.3) is 34.0 Å². The summed E-state index contributed by atoms with van der Waals surface area (Å²) in [6.45, 7) is 4.34. The number of thioether (sulfide) groups is 1. The van der Waals surface area contributed by atoms with Crippen molar-refractivity contribution >= 4 is 17.6 Å². The number of nitrogen functional groups attached to an aromatic ring is 1. The highest BCUT2D eigenvalue weighted by atomic mass is 32.2. The first-order chi connectivity index (χ1) is 15.4. The number of nitrogens with two attached hydrogens (primary N) is 1. The smallest absolute Gasteiger partial charge is 0.189 e. The molecule has 0 fully saturated rings. The van der Waals surface area contributed by atoms with Crippen molar-refractivity contribution in [1.82, 2.24) is 20.4 Å². The van der Waals surface area contributed by atoms with Crippen LogP contribution in [-0.2, 0) is 0 Å². The van der Waals surface area contributed by atoms with Crippen molar-refractivity contribution in [3.63, 3.8) is 0 Å². The fourth-order valence-corrected chi connectivity index (χ4v) is 4.06. The average Bonchev–Trinajstić information content (AvgIpc) is 3.29. The standard InChI is InChI=1S/C24H25N5O2S/c1-14(2)32-18-10-8-16(9-11-18)20-13-27-23(25)22(28-20)21-12-19(29-31-21)15-4-6-17(7-5-15)24(30)26-3/h4-14,24,26,30H,1-3H3,(H2,25,27). The molecule has 1 unspecified atom stereocenters. The van der Waals surface area contributed by atoms with Crippen LogP contribution in [0.3, 0.4) is 0 Å². The number of hydrogen-bond donors (Lipinski definition) is 3. The van der Waals surface area contributed by atoms with Gasteiger partial charge in [0.2, 0.25) is 0 Å². The van der Waals surface area contributed by atoms with Crippen molar-refractivity contribution in [1.29, 1.82) is 0 Å². The van der Waals surface area contributed by atoms with Gasteiger partial charge in [0.25, 0.3) is 0 Å². The van der Waals surface area contributed by atoms with Gasteiger partial charge in [-0.2, -0.15) is 0 Å². The van der Waals surface area contributed by atoms with Gasteiger partial charge in [-0.1, -0.05) is 55.4 Å². The van der Waals surface area contributed by atoms with Gasteiger partial charge in [-0.25, -0.2) is 9.97 Å². The predicted molar refractivity (Wildman–Crippen MR) is 128 cm³/mol. The molecule has 7 nitrogen and oxygen atoms in total. The van der Waals surface area contributed by atoms with Crippen molar-refractivity contribution in [2.24, 2.45) is 0 Å². The molecule has 0 aliphatic carbocycles. The molecule has 4 N–H and O–H groups in total. The van der Waals surface area contributed by atoms with E-state index in [1.807, 2.05) is 48.2 Å². The Morgan fingerprint density at radius 1 is 1.00 bits per heavy atom. The number of rotatable bonds is 7. The molecule has 0 aliphatic rings. The number of nitrogens with one attached hydrogen (secondary N) is 1. The van der Waals surface area contributed by atoms with Crippen LogP contribution in [0.5, 0.6) is 0 Å². The molecular weight excluding hydrogens is 422 g/mol. The number of aliphatic hydroxyl groups is 1. The molecule has 8 heteroatoms. The van der Waals surface area contributed by atoms with Gasteiger partial charge >= 0.3 is 0 Å². The van der Waals surface area contributed by atoms with Gasteiger partial charge in [-0.3, -0.25) is 5.32 Å². The largest absolute Gasteiger partial charge is 0.382 e. The van der Waals surface area contributed by atoms with Gasteiger partial charge in [-0.15, -0.1) is 11.8 Å². The molecule has 2 aromatic heterocycles. The van der Waals surface area contributed by atoms with E-state index in [0.717, 1.165) is 16.7 Å². The highest BCUT2D eigenvalue weighted by Crippen LogP contribution is 2.31. The second-order valence-corrected chi connectivity index (χ2v) is 9.22. The summed E-state index contributed by atoms with van der Waals surface area (Å²) < 4.78 is 5.54. The van der Waals surface area contributed by atoms with Crippen LogP contribution in [0.1, 0.15) is 25.6 Å². The maximum atomic E-state index is 9.87. The van der Waals surface area contributed by atoms with Crippen molar-refractivity contribution < 1.29 is 9.63 Å². The number of hydrogen-bond acceptors (Lipinski definition) is 8. The first-order valence-electron chi connectivity index (χ1n) is 10.3. The fraction of sp³-hybridized carbons (Fsp3) is 0.208. The predicted octanol–water partition coefficient (Wildman–Crippen LogP) is 4.76. The Morgan fingerprint density at radius 3 is 2.31 bits per heavy atom. The second-order valence-electron chi connectivity index (χ2n) is 7.57. The van der Waals surface area contributed by atoms with Gasteiger partial charge in [0.05, 0.1) is 11.9 Å². The van der Waals surface area contributed by atoms with E-state index >= 15 is 0 Å². The summed E-state index contributed by atoms with van der Waals surface area (Å²) in [5.74, 6) is 0.717. The monoisotopic (exact) mass is 447 g/mol. The Balaban J connectivity index is 1.60. The summed E-state index contributed by atoms with van der Waals surface area (Å²) >= 11 is 1.81. The highest BCUT2D eigenvalue weighted by Gasteiger charge is 2.16. The van der Waals surface area contributed by atoms with Crippen molar-refractivity contribution in [2.45, 2.75) is 30.2 Å². The summed E-state index contributed by atoms with van der Waals surface area (Å²) in [5, 5.41) is 17.3. The summed E-state index contributed by atoms with van der Waals surface area (Å²) in [6.07, 6.45) is 0.944. The SMILES string of the molecule is CNC(O)c1ccc(-c2cc(-c3nc(-c4ccc(SC(C)C)cc4)cnc3N)on2)cc1. The highest BCUT2D eigenvalue weighted by molar-refractivity contribution is 7.99. The number of benzene rings is 2. The molecule has 0 saturated heterocycles. The number of nitrogens with zero attached hydrogens (tertiary/aromatic N) is 3. The molecule has 0 saturated carbocycles. The van der Waals surface area contributed by atoms with Crippen LogP contribution in [0.15, 0.2) is 70.2 Å².